The molecule has 0 aliphatic carbocycles. The van der Waals surface area contributed by atoms with Crippen molar-refractivity contribution in [2.24, 2.45) is 0 Å². The Balaban J connectivity index is 2.54. The average Bonchev–Trinajstić information content (AvgIpc) is 2.42. The lowest BCUT2D eigenvalue weighted by Gasteiger charge is -2.08. The minimum Gasteiger partial charge on any atom is -0.392 e. The molecule has 0 spiro atoms. The molecule has 1 rings (SSSR count). The highest BCUT2D eigenvalue weighted by Gasteiger charge is 2.14. The summed E-state index contributed by atoms with van der Waals surface area (Å²) in [7, 11) is -3.57. The van der Waals surface area contributed by atoms with Gasteiger partial charge in [-0.1, -0.05) is 24.6 Å². The second kappa shape index (κ2) is 8.59. The number of benzene rings is 1. The summed E-state index contributed by atoms with van der Waals surface area (Å²) >= 11 is 5.88. The number of aliphatic hydroxyl groups is 1. The van der Waals surface area contributed by atoms with Gasteiger partial charge in [0.05, 0.1) is 11.5 Å². The van der Waals surface area contributed by atoms with Crippen molar-refractivity contribution in [1.29, 1.82) is 0 Å². The Morgan fingerprint density at radius 3 is 2.70 bits per heavy atom. The maximum Gasteiger partial charge on any atom is 0.240 e. The molecule has 0 aliphatic rings. The van der Waals surface area contributed by atoms with Crippen molar-refractivity contribution in [1.82, 2.24) is 4.72 Å². The Morgan fingerprint density at radius 1 is 1.35 bits per heavy atom. The molecule has 114 valence electrons. The van der Waals surface area contributed by atoms with Crippen LogP contribution in [0.5, 0.6) is 0 Å². The van der Waals surface area contributed by atoms with Crippen LogP contribution in [0.25, 0.3) is 0 Å². The van der Waals surface area contributed by atoms with Crippen LogP contribution in [0.15, 0.2) is 23.1 Å². The van der Waals surface area contributed by atoms with Crippen molar-refractivity contribution in [2.45, 2.75) is 31.3 Å². The molecule has 0 aliphatic heterocycles. The second-order valence-electron chi connectivity index (χ2n) is 4.28. The maximum atomic E-state index is 12.0. The van der Waals surface area contributed by atoms with E-state index in [9.17, 15) is 8.42 Å². The van der Waals surface area contributed by atoms with Gasteiger partial charge < -0.3 is 9.84 Å². The number of aliphatic hydroxyl groups excluding tert-OH is 1. The molecular formula is C13H20ClNO4S. The van der Waals surface area contributed by atoms with E-state index in [0.29, 0.717) is 31.7 Å². The molecule has 0 aromatic heterocycles. The van der Waals surface area contributed by atoms with Crippen molar-refractivity contribution in [2.75, 3.05) is 19.8 Å². The van der Waals surface area contributed by atoms with Gasteiger partial charge in [0.15, 0.2) is 0 Å². The van der Waals surface area contributed by atoms with Crippen molar-refractivity contribution < 1.29 is 18.3 Å². The molecule has 1 aromatic rings. The van der Waals surface area contributed by atoms with Crippen molar-refractivity contribution in [3.63, 3.8) is 0 Å². The fraction of sp³-hybridized carbons (Fsp3) is 0.538. The summed E-state index contributed by atoms with van der Waals surface area (Å²) in [5.41, 5.74) is 0.499. The maximum absolute atomic E-state index is 12.0. The predicted molar refractivity (Wildman–Crippen MR) is 78.3 cm³/mol. The van der Waals surface area contributed by atoms with Crippen LogP contribution in [0, 0.1) is 0 Å². The van der Waals surface area contributed by atoms with E-state index in [1.165, 1.54) is 18.2 Å². The first kappa shape index (κ1) is 17.4. The van der Waals surface area contributed by atoms with Crippen LogP contribution < -0.4 is 4.72 Å². The van der Waals surface area contributed by atoms with Crippen molar-refractivity contribution in [3.05, 3.63) is 28.8 Å². The van der Waals surface area contributed by atoms with Gasteiger partial charge in [-0.05, 0) is 30.5 Å². The fourth-order valence-corrected chi connectivity index (χ4v) is 2.94. The summed E-state index contributed by atoms with van der Waals surface area (Å²) < 4.78 is 31.8. The van der Waals surface area contributed by atoms with Crippen LogP contribution in [0.1, 0.15) is 25.3 Å². The third-order valence-electron chi connectivity index (χ3n) is 2.61. The minimum atomic E-state index is -3.57. The Bertz CT molecular complexity index is 519. The van der Waals surface area contributed by atoms with Gasteiger partial charge in [0, 0.05) is 24.8 Å². The standard InChI is InChI=1S/C13H20ClNO4S/c1-2-7-19-8-3-6-15-20(17,18)12-5-4-11(10-16)13(14)9-12/h4-5,9,15-16H,2-3,6-8,10H2,1H3. The van der Waals surface area contributed by atoms with Crippen molar-refractivity contribution in [3.8, 4) is 0 Å². The molecule has 1 aromatic carbocycles. The first-order valence-electron chi connectivity index (χ1n) is 6.48. The van der Waals surface area contributed by atoms with E-state index < -0.39 is 10.0 Å². The summed E-state index contributed by atoms with van der Waals surface area (Å²) in [6.07, 6.45) is 1.56. The lowest BCUT2D eigenvalue weighted by molar-refractivity contribution is 0.133. The van der Waals surface area contributed by atoms with Gasteiger partial charge in [-0.3, -0.25) is 0 Å². The number of rotatable bonds is 9. The van der Waals surface area contributed by atoms with Crippen LogP contribution in [-0.4, -0.2) is 33.3 Å². The topological polar surface area (TPSA) is 75.6 Å². The average molecular weight is 322 g/mol. The van der Waals surface area contributed by atoms with Crippen LogP contribution in [-0.2, 0) is 21.4 Å². The zero-order valence-corrected chi connectivity index (χ0v) is 13.0. The largest absolute Gasteiger partial charge is 0.392 e. The van der Waals surface area contributed by atoms with Gasteiger partial charge in [-0.15, -0.1) is 0 Å². The molecule has 0 unspecified atom stereocenters. The molecule has 0 bridgehead atoms. The van der Waals surface area contributed by atoms with Crippen molar-refractivity contribution >= 4 is 21.6 Å². The van der Waals surface area contributed by atoms with Gasteiger partial charge in [-0.2, -0.15) is 0 Å². The molecule has 5 nitrogen and oxygen atoms in total. The lowest BCUT2D eigenvalue weighted by Crippen LogP contribution is -2.25. The minimum absolute atomic E-state index is 0.0918. The van der Waals surface area contributed by atoms with E-state index in [1.807, 2.05) is 6.92 Å². The number of nitrogens with one attached hydrogen (secondary N) is 1. The molecule has 0 heterocycles. The number of sulfonamides is 1. The monoisotopic (exact) mass is 321 g/mol. The second-order valence-corrected chi connectivity index (χ2v) is 6.45. The van der Waals surface area contributed by atoms with E-state index >= 15 is 0 Å². The molecule has 0 fully saturated rings. The van der Waals surface area contributed by atoms with Gasteiger partial charge in [0.25, 0.3) is 0 Å². The van der Waals surface area contributed by atoms with E-state index in [2.05, 4.69) is 4.72 Å². The predicted octanol–water partition coefficient (Wildman–Crippen LogP) is 1.93. The summed E-state index contributed by atoms with van der Waals surface area (Å²) in [5, 5.41) is 9.23. The van der Waals surface area contributed by atoms with Gasteiger partial charge in [0.2, 0.25) is 10.0 Å². The molecule has 0 atom stereocenters. The van der Waals surface area contributed by atoms with Crippen LogP contribution in [0.3, 0.4) is 0 Å². The fourth-order valence-electron chi connectivity index (χ4n) is 1.53. The molecule has 0 amide bonds. The quantitative estimate of drug-likeness (QED) is 0.681. The first-order valence-corrected chi connectivity index (χ1v) is 8.34. The smallest absolute Gasteiger partial charge is 0.240 e. The Morgan fingerprint density at radius 2 is 2.10 bits per heavy atom. The molecular weight excluding hydrogens is 302 g/mol. The van der Waals surface area contributed by atoms with E-state index in [4.69, 9.17) is 21.4 Å². The molecule has 7 heteroatoms. The third-order valence-corrected chi connectivity index (χ3v) is 4.42. The van der Waals surface area contributed by atoms with E-state index in [0.717, 1.165) is 6.42 Å². The Kier molecular flexibility index (Phi) is 7.47. The SMILES string of the molecule is CCCOCCCNS(=O)(=O)c1ccc(CO)c(Cl)c1. The van der Waals surface area contributed by atoms with Crippen LogP contribution in [0.2, 0.25) is 5.02 Å². The van der Waals surface area contributed by atoms with Crippen LogP contribution >= 0.6 is 11.6 Å². The van der Waals surface area contributed by atoms with Crippen LogP contribution in [0.4, 0.5) is 0 Å². The van der Waals surface area contributed by atoms with E-state index in [1.54, 1.807) is 0 Å². The zero-order chi connectivity index (χ0) is 15.0. The van der Waals surface area contributed by atoms with Gasteiger partial charge >= 0.3 is 0 Å². The summed E-state index contributed by atoms with van der Waals surface area (Å²) in [5.74, 6) is 0. The summed E-state index contributed by atoms with van der Waals surface area (Å²) in [4.78, 5) is 0.0918. The molecule has 0 radical (unpaired) electrons. The number of ether oxygens (including phenoxy) is 1. The highest BCUT2D eigenvalue weighted by Crippen LogP contribution is 2.20. The summed E-state index contributed by atoms with van der Waals surface area (Å²) in [6.45, 7) is 3.32. The molecule has 2 N–H and O–H groups in total. The third kappa shape index (κ3) is 5.38. The first-order chi connectivity index (χ1) is 9.51. The normalized spacial score (nSPS) is 11.8. The highest BCUT2D eigenvalue weighted by molar-refractivity contribution is 7.89. The molecule has 0 saturated heterocycles. The molecule has 0 saturated carbocycles. The lowest BCUT2D eigenvalue weighted by atomic mass is 10.2. The Labute approximate surface area is 125 Å². The van der Waals surface area contributed by atoms with Gasteiger partial charge in [-0.25, -0.2) is 13.1 Å². The molecule has 20 heavy (non-hydrogen) atoms. The van der Waals surface area contributed by atoms with Gasteiger partial charge in [0.1, 0.15) is 0 Å². The highest BCUT2D eigenvalue weighted by atomic mass is 35.5. The number of hydrogen-bond acceptors (Lipinski definition) is 4. The summed E-state index contributed by atoms with van der Waals surface area (Å²) in [6, 6.07) is 4.26. The zero-order valence-electron chi connectivity index (χ0n) is 11.4. The number of hydrogen-bond donors (Lipinski definition) is 2. The Hall–Kier alpha value is -0.660. The van der Waals surface area contributed by atoms with E-state index in [-0.39, 0.29) is 16.5 Å². The number of halogens is 1.